The molecule has 0 bridgehead atoms. The van der Waals surface area contributed by atoms with Crippen LogP contribution in [0.25, 0.3) is 0 Å². The minimum absolute atomic E-state index is 0.141. The predicted octanol–water partition coefficient (Wildman–Crippen LogP) is 5.08. The van der Waals surface area contributed by atoms with Gasteiger partial charge in [-0.15, -0.1) is 0 Å². The molecular formula is C15H23Cl2N. The monoisotopic (exact) mass is 287 g/mol. The highest BCUT2D eigenvalue weighted by Crippen LogP contribution is 2.28. The molecule has 0 saturated carbocycles. The highest BCUT2D eigenvalue weighted by Gasteiger charge is 2.19. The van der Waals surface area contributed by atoms with Crippen LogP contribution in [0, 0.1) is 5.92 Å². The summed E-state index contributed by atoms with van der Waals surface area (Å²) in [6, 6.07) is 5.77. The molecule has 0 heterocycles. The largest absolute Gasteiger partial charge is 0.327 e. The van der Waals surface area contributed by atoms with E-state index in [-0.39, 0.29) is 6.04 Å². The lowest BCUT2D eigenvalue weighted by molar-refractivity contribution is 0.360. The zero-order valence-corrected chi connectivity index (χ0v) is 12.8. The topological polar surface area (TPSA) is 26.0 Å². The van der Waals surface area contributed by atoms with Crippen LogP contribution in [0.5, 0.6) is 0 Å². The molecule has 0 fully saturated rings. The Kier molecular flexibility index (Phi) is 7.06. The maximum Gasteiger partial charge on any atom is 0.0453 e. The summed E-state index contributed by atoms with van der Waals surface area (Å²) in [5, 5.41) is 1.45. The first kappa shape index (κ1) is 15.8. The van der Waals surface area contributed by atoms with Gasteiger partial charge in [0.15, 0.2) is 0 Å². The molecule has 18 heavy (non-hydrogen) atoms. The average Bonchev–Trinajstić information content (AvgIpc) is 2.33. The van der Waals surface area contributed by atoms with E-state index in [1.165, 1.54) is 25.7 Å². The number of halogens is 2. The van der Waals surface area contributed by atoms with Gasteiger partial charge in [-0.05, 0) is 42.9 Å². The van der Waals surface area contributed by atoms with Crippen LogP contribution in [-0.4, -0.2) is 6.04 Å². The molecule has 2 N–H and O–H groups in total. The Bertz CT molecular complexity index is 339. The van der Waals surface area contributed by atoms with Gasteiger partial charge in [0.1, 0.15) is 0 Å². The molecular weight excluding hydrogens is 265 g/mol. The Labute approximate surface area is 121 Å². The molecule has 0 spiro atoms. The van der Waals surface area contributed by atoms with Gasteiger partial charge in [0.2, 0.25) is 0 Å². The summed E-state index contributed by atoms with van der Waals surface area (Å²) >= 11 is 12.4. The lowest BCUT2D eigenvalue weighted by atomic mass is 9.87. The van der Waals surface area contributed by atoms with Crippen LogP contribution in [0.1, 0.15) is 45.1 Å². The summed E-state index contributed by atoms with van der Waals surface area (Å²) in [6.45, 7) is 4.41. The number of benzene rings is 1. The van der Waals surface area contributed by atoms with E-state index >= 15 is 0 Å². The lowest BCUT2D eigenvalue weighted by Crippen LogP contribution is -2.32. The minimum Gasteiger partial charge on any atom is -0.327 e. The summed E-state index contributed by atoms with van der Waals surface area (Å²) in [5.41, 5.74) is 7.33. The molecule has 0 aliphatic carbocycles. The molecule has 1 unspecified atom stereocenters. The second-order valence-electron chi connectivity index (χ2n) is 4.91. The van der Waals surface area contributed by atoms with Gasteiger partial charge in [0.25, 0.3) is 0 Å². The smallest absolute Gasteiger partial charge is 0.0453 e. The Hall–Kier alpha value is -0.240. The molecule has 102 valence electrons. The van der Waals surface area contributed by atoms with Crippen LogP contribution in [0.4, 0.5) is 0 Å². The summed E-state index contributed by atoms with van der Waals surface area (Å²) < 4.78 is 0. The Morgan fingerprint density at radius 3 is 2.00 bits per heavy atom. The van der Waals surface area contributed by atoms with Crippen molar-refractivity contribution in [3.63, 3.8) is 0 Å². The van der Waals surface area contributed by atoms with Crippen molar-refractivity contribution in [1.82, 2.24) is 0 Å². The van der Waals surface area contributed by atoms with E-state index in [1.54, 1.807) is 0 Å². The van der Waals surface area contributed by atoms with Crippen LogP contribution < -0.4 is 5.73 Å². The molecule has 1 atom stereocenters. The summed E-state index contributed by atoms with van der Waals surface area (Å²) in [7, 11) is 0. The first-order valence-corrected chi connectivity index (χ1v) is 7.54. The molecule has 0 aliphatic rings. The number of hydrogen-bond acceptors (Lipinski definition) is 1. The standard InChI is InChI=1S/C15H23Cl2N/c1-3-6-11(7-4-2)15(18)10-12-13(16)8-5-9-14(12)17/h5,8-9,11,15H,3-4,6-7,10,18H2,1-2H3. The van der Waals surface area contributed by atoms with Crippen LogP contribution in [0.2, 0.25) is 10.0 Å². The van der Waals surface area contributed by atoms with E-state index in [0.29, 0.717) is 5.92 Å². The van der Waals surface area contributed by atoms with Crippen molar-refractivity contribution in [2.45, 2.75) is 52.0 Å². The fraction of sp³-hybridized carbons (Fsp3) is 0.600. The van der Waals surface area contributed by atoms with Crippen molar-refractivity contribution in [1.29, 1.82) is 0 Å². The van der Waals surface area contributed by atoms with Crippen molar-refractivity contribution in [2.75, 3.05) is 0 Å². The van der Waals surface area contributed by atoms with Crippen molar-refractivity contribution >= 4 is 23.2 Å². The van der Waals surface area contributed by atoms with Gasteiger partial charge in [-0.25, -0.2) is 0 Å². The maximum atomic E-state index is 6.34. The average molecular weight is 288 g/mol. The first-order valence-electron chi connectivity index (χ1n) is 6.78. The quantitative estimate of drug-likeness (QED) is 0.744. The summed E-state index contributed by atoms with van der Waals surface area (Å²) in [6.07, 6.45) is 5.47. The number of nitrogens with two attached hydrogens (primary N) is 1. The van der Waals surface area contributed by atoms with E-state index in [9.17, 15) is 0 Å². The van der Waals surface area contributed by atoms with Gasteiger partial charge < -0.3 is 5.73 Å². The third-order valence-corrected chi connectivity index (χ3v) is 4.13. The Morgan fingerprint density at radius 1 is 1.06 bits per heavy atom. The molecule has 0 aromatic heterocycles. The van der Waals surface area contributed by atoms with Crippen LogP contribution in [-0.2, 0) is 6.42 Å². The second kappa shape index (κ2) is 8.04. The van der Waals surface area contributed by atoms with E-state index in [1.807, 2.05) is 18.2 Å². The maximum absolute atomic E-state index is 6.34. The van der Waals surface area contributed by atoms with Crippen molar-refractivity contribution in [2.24, 2.45) is 11.7 Å². The van der Waals surface area contributed by atoms with Crippen molar-refractivity contribution in [3.05, 3.63) is 33.8 Å². The SMILES string of the molecule is CCCC(CCC)C(N)Cc1c(Cl)cccc1Cl. The normalized spacial score (nSPS) is 13.0. The molecule has 0 aliphatic heterocycles. The highest BCUT2D eigenvalue weighted by molar-refractivity contribution is 6.35. The van der Waals surface area contributed by atoms with Gasteiger partial charge >= 0.3 is 0 Å². The minimum atomic E-state index is 0.141. The third-order valence-electron chi connectivity index (χ3n) is 3.43. The molecule has 1 aromatic rings. The molecule has 1 aromatic carbocycles. The summed E-state index contributed by atoms with van der Waals surface area (Å²) in [5.74, 6) is 0.562. The van der Waals surface area contributed by atoms with Crippen LogP contribution in [0.3, 0.4) is 0 Å². The van der Waals surface area contributed by atoms with Crippen molar-refractivity contribution < 1.29 is 0 Å². The highest BCUT2D eigenvalue weighted by atomic mass is 35.5. The van der Waals surface area contributed by atoms with Gasteiger partial charge in [-0.1, -0.05) is 56.0 Å². The summed E-state index contributed by atoms with van der Waals surface area (Å²) in [4.78, 5) is 0. The fourth-order valence-corrected chi connectivity index (χ4v) is 3.00. The molecule has 1 nitrogen and oxygen atoms in total. The zero-order chi connectivity index (χ0) is 13.5. The second-order valence-corrected chi connectivity index (χ2v) is 5.72. The lowest BCUT2D eigenvalue weighted by Gasteiger charge is -2.24. The molecule has 0 radical (unpaired) electrons. The van der Waals surface area contributed by atoms with Gasteiger partial charge in [0, 0.05) is 16.1 Å². The fourth-order valence-electron chi connectivity index (χ4n) is 2.44. The Morgan fingerprint density at radius 2 is 1.56 bits per heavy atom. The van der Waals surface area contributed by atoms with Gasteiger partial charge in [-0.3, -0.25) is 0 Å². The van der Waals surface area contributed by atoms with E-state index < -0.39 is 0 Å². The third kappa shape index (κ3) is 4.46. The predicted molar refractivity (Wildman–Crippen MR) is 81.4 cm³/mol. The number of hydrogen-bond donors (Lipinski definition) is 1. The van der Waals surface area contributed by atoms with Crippen molar-refractivity contribution in [3.8, 4) is 0 Å². The molecule has 0 amide bonds. The van der Waals surface area contributed by atoms with Gasteiger partial charge in [0.05, 0.1) is 0 Å². The molecule has 0 saturated heterocycles. The van der Waals surface area contributed by atoms with Crippen LogP contribution in [0.15, 0.2) is 18.2 Å². The zero-order valence-electron chi connectivity index (χ0n) is 11.3. The Balaban J connectivity index is 2.75. The van der Waals surface area contributed by atoms with Gasteiger partial charge in [-0.2, -0.15) is 0 Å². The van der Waals surface area contributed by atoms with E-state index in [4.69, 9.17) is 28.9 Å². The molecule has 3 heteroatoms. The molecule has 1 rings (SSSR count). The van der Waals surface area contributed by atoms with E-state index in [2.05, 4.69) is 13.8 Å². The number of rotatable bonds is 7. The van der Waals surface area contributed by atoms with Crippen LogP contribution >= 0.6 is 23.2 Å². The van der Waals surface area contributed by atoms with E-state index in [0.717, 1.165) is 22.0 Å². The first-order chi connectivity index (χ1) is 8.60.